The first-order valence-corrected chi connectivity index (χ1v) is 7.77. The topological polar surface area (TPSA) is 29.3 Å². The lowest BCUT2D eigenvalue weighted by atomic mass is 9.86. The molecule has 17 heavy (non-hydrogen) atoms. The Hall–Kier alpha value is -0.0800. The third kappa shape index (κ3) is 3.96. The minimum absolute atomic E-state index is 0.498. The molecule has 0 saturated heterocycles. The van der Waals surface area contributed by atoms with Crippen molar-refractivity contribution in [3.8, 4) is 0 Å². The van der Waals surface area contributed by atoms with Crippen molar-refractivity contribution in [3.63, 3.8) is 0 Å². The Morgan fingerprint density at radius 2 is 1.35 bits per heavy atom. The second-order valence-electron chi connectivity index (χ2n) is 6.90. The Labute approximate surface area is 106 Å². The van der Waals surface area contributed by atoms with E-state index in [1.54, 1.807) is 0 Å². The zero-order chi connectivity index (χ0) is 11.7. The second kappa shape index (κ2) is 5.27. The third-order valence-electron chi connectivity index (χ3n) is 4.77. The van der Waals surface area contributed by atoms with Crippen LogP contribution < -0.4 is 5.73 Å². The first-order valence-electron chi connectivity index (χ1n) is 7.77. The van der Waals surface area contributed by atoms with Crippen LogP contribution in [0.4, 0.5) is 0 Å². The summed E-state index contributed by atoms with van der Waals surface area (Å²) in [6.45, 7) is 4.13. The van der Waals surface area contributed by atoms with Gasteiger partial charge in [0.15, 0.2) is 0 Å². The number of nitrogens with zero attached hydrogens (tertiary/aromatic N) is 1. The van der Waals surface area contributed by atoms with Gasteiger partial charge in [0.25, 0.3) is 0 Å². The van der Waals surface area contributed by atoms with Crippen LogP contribution in [0.2, 0.25) is 0 Å². The maximum Gasteiger partial charge on any atom is 0.00419 e. The molecule has 0 aromatic rings. The highest BCUT2D eigenvalue weighted by molar-refractivity contribution is 4.85. The van der Waals surface area contributed by atoms with Crippen molar-refractivity contribution >= 4 is 0 Å². The highest BCUT2D eigenvalue weighted by atomic mass is 15.1. The molecule has 2 N–H and O–H groups in total. The third-order valence-corrected chi connectivity index (χ3v) is 4.77. The van der Waals surface area contributed by atoms with E-state index < -0.39 is 0 Å². The van der Waals surface area contributed by atoms with E-state index in [9.17, 15) is 0 Å². The van der Waals surface area contributed by atoms with E-state index in [0.717, 1.165) is 17.8 Å². The number of rotatable bonds is 6. The number of hydrogen-bond acceptors (Lipinski definition) is 2. The molecule has 2 heteroatoms. The lowest BCUT2D eigenvalue weighted by Crippen LogP contribution is -2.37. The molecule has 2 unspecified atom stereocenters. The van der Waals surface area contributed by atoms with Crippen molar-refractivity contribution in [2.45, 2.75) is 57.4 Å². The molecule has 3 aliphatic rings. The fourth-order valence-corrected chi connectivity index (χ4v) is 3.42. The summed E-state index contributed by atoms with van der Waals surface area (Å²) in [6, 6.07) is 0.498. The molecule has 98 valence electrons. The van der Waals surface area contributed by atoms with Crippen molar-refractivity contribution in [1.29, 1.82) is 0 Å². The molecule has 2 atom stereocenters. The van der Waals surface area contributed by atoms with Gasteiger partial charge < -0.3 is 10.6 Å². The summed E-state index contributed by atoms with van der Waals surface area (Å²) in [5, 5.41) is 0. The Bertz CT molecular complexity index is 231. The van der Waals surface area contributed by atoms with E-state index in [4.69, 9.17) is 5.73 Å². The summed E-state index contributed by atoms with van der Waals surface area (Å²) in [5.41, 5.74) is 6.11. The first-order chi connectivity index (χ1) is 8.29. The summed E-state index contributed by atoms with van der Waals surface area (Å²) >= 11 is 0. The predicted octanol–water partition coefficient (Wildman–Crippen LogP) is 2.63. The number of nitrogens with two attached hydrogens (primary N) is 1. The van der Waals surface area contributed by atoms with Gasteiger partial charge in [0, 0.05) is 25.7 Å². The molecule has 3 saturated carbocycles. The van der Waals surface area contributed by atoms with E-state index in [1.807, 2.05) is 0 Å². The van der Waals surface area contributed by atoms with Gasteiger partial charge in [-0.25, -0.2) is 0 Å². The molecular formula is C15H28N2. The average molecular weight is 236 g/mol. The van der Waals surface area contributed by atoms with Crippen LogP contribution in [0, 0.1) is 17.8 Å². The molecule has 0 heterocycles. The van der Waals surface area contributed by atoms with Gasteiger partial charge in [-0.05, 0) is 62.7 Å². The molecule has 0 radical (unpaired) electrons. The largest absolute Gasteiger partial charge is 0.328 e. The van der Waals surface area contributed by atoms with Crippen molar-refractivity contribution in [3.05, 3.63) is 0 Å². The lowest BCUT2D eigenvalue weighted by Gasteiger charge is -2.32. The van der Waals surface area contributed by atoms with Crippen LogP contribution in [0.25, 0.3) is 0 Å². The molecule has 0 bridgehead atoms. The van der Waals surface area contributed by atoms with Gasteiger partial charge in [-0.1, -0.05) is 6.42 Å². The molecule has 0 spiro atoms. The van der Waals surface area contributed by atoms with E-state index in [-0.39, 0.29) is 0 Å². The predicted molar refractivity (Wildman–Crippen MR) is 71.8 cm³/mol. The van der Waals surface area contributed by atoms with Crippen LogP contribution in [0.5, 0.6) is 0 Å². The lowest BCUT2D eigenvalue weighted by molar-refractivity contribution is 0.181. The van der Waals surface area contributed by atoms with E-state index in [0.29, 0.717) is 6.04 Å². The quantitative estimate of drug-likeness (QED) is 0.768. The summed E-state index contributed by atoms with van der Waals surface area (Å²) in [6.07, 6.45) is 11.3. The van der Waals surface area contributed by atoms with Crippen LogP contribution >= 0.6 is 0 Å². The smallest absolute Gasteiger partial charge is 0.00419 e. The standard InChI is InChI=1S/C15H28N2/c16-15-3-1-2-14(8-15)11-17(9-12-4-5-12)10-13-6-7-13/h12-15H,1-11,16H2. The SMILES string of the molecule is NC1CCCC(CN(CC2CC2)CC2CC2)C1. The second-order valence-corrected chi connectivity index (χ2v) is 6.90. The minimum Gasteiger partial charge on any atom is -0.328 e. The average Bonchev–Trinajstić information content (AvgIpc) is 3.13. The molecule has 3 aliphatic carbocycles. The molecule has 0 aliphatic heterocycles. The number of hydrogen-bond donors (Lipinski definition) is 1. The zero-order valence-corrected chi connectivity index (χ0v) is 11.1. The highest BCUT2D eigenvalue weighted by Crippen LogP contribution is 2.35. The van der Waals surface area contributed by atoms with Crippen molar-refractivity contribution in [1.82, 2.24) is 4.90 Å². The fourth-order valence-electron chi connectivity index (χ4n) is 3.42. The summed E-state index contributed by atoms with van der Waals surface area (Å²) < 4.78 is 0. The fraction of sp³-hybridized carbons (Fsp3) is 1.00. The van der Waals surface area contributed by atoms with Crippen molar-refractivity contribution < 1.29 is 0 Å². The van der Waals surface area contributed by atoms with Gasteiger partial charge in [0.1, 0.15) is 0 Å². The Balaban J connectivity index is 1.46. The summed E-state index contributed by atoms with van der Waals surface area (Å²) in [7, 11) is 0. The van der Waals surface area contributed by atoms with E-state index in [1.165, 1.54) is 71.0 Å². The van der Waals surface area contributed by atoms with Gasteiger partial charge in [-0.2, -0.15) is 0 Å². The molecule has 0 aromatic heterocycles. The molecule has 0 amide bonds. The van der Waals surface area contributed by atoms with Gasteiger partial charge in [0.2, 0.25) is 0 Å². The van der Waals surface area contributed by atoms with Gasteiger partial charge in [-0.3, -0.25) is 0 Å². The first kappa shape index (κ1) is 12.0. The van der Waals surface area contributed by atoms with Crippen LogP contribution in [-0.4, -0.2) is 30.6 Å². The van der Waals surface area contributed by atoms with Crippen molar-refractivity contribution in [2.75, 3.05) is 19.6 Å². The van der Waals surface area contributed by atoms with Crippen molar-refractivity contribution in [2.24, 2.45) is 23.5 Å². The highest BCUT2D eigenvalue weighted by Gasteiger charge is 2.31. The molecule has 3 rings (SSSR count). The van der Waals surface area contributed by atoms with Crippen LogP contribution in [0.15, 0.2) is 0 Å². The van der Waals surface area contributed by atoms with E-state index >= 15 is 0 Å². The van der Waals surface area contributed by atoms with Gasteiger partial charge in [-0.15, -0.1) is 0 Å². The normalized spacial score (nSPS) is 34.2. The Morgan fingerprint density at radius 3 is 1.88 bits per heavy atom. The van der Waals surface area contributed by atoms with Crippen LogP contribution in [0.1, 0.15) is 51.4 Å². The van der Waals surface area contributed by atoms with Gasteiger partial charge in [0.05, 0.1) is 0 Å². The summed E-state index contributed by atoms with van der Waals surface area (Å²) in [5.74, 6) is 2.99. The van der Waals surface area contributed by atoms with Gasteiger partial charge >= 0.3 is 0 Å². The Morgan fingerprint density at radius 1 is 0.765 bits per heavy atom. The molecule has 2 nitrogen and oxygen atoms in total. The minimum atomic E-state index is 0.498. The molecular weight excluding hydrogens is 208 g/mol. The maximum absolute atomic E-state index is 6.11. The molecule has 3 fully saturated rings. The maximum atomic E-state index is 6.11. The zero-order valence-electron chi connectivity index (χ0n) is 11.1. The Kier molecular flexibility index (Phi) is 3.72. The molecule has 0 aromatic carbocycles. The monoisotopic (exact) mass is 236 g/mol. The van der Waals surface area contributed by atoms with E-state index in [2.05, 4.69) is 4.90 Å². The van der Waals surface area contributed by atoms with Crippen LogP contribution in [-0.2, 0) is 0 Å². The van der Waals surface area contributed by atoms with Crippen LogP contribution in [0.3, 0.4) is 0 Å². The summed E-state index contributed by atoms with van der Waals surface area (Å²) in [4.78, 5) is 2.79.